The molecule has 2 rings (SSSR count). The van der Waals surface area contributed by atoms with E-state index in [0.29, 0.717) is 18.9 Å². The Balaban J connectivity index is 1.91. The van der Waals surface area contributed by atoms with Crippen molar-refractivity contribution in [1.29, 1.82) is 0 Å². The van der Waals surface area contributed by atoms with Gasteiger partial charge < -0.3 is 14.7 Å². The first-order valence-electron chi connectivity index (χ1n) is 8.15. The lowest BCUT2D eigenvalue weighted by atomic mass is 9.93. The summed E-state index contributed by atoms with van der Waals surface area (Å²) >= 11 is 0. The van der Waals surface area contributed by atoms with Gasteiger partial charge in [-0.3, -0.25) is 4.79 Å². The average Bonchev–Trinajstić information content (AvgIpc) is 2.49. The first-order chi connectivity index (χ1) is 10.5. The second-order valence-electron chi connectivity index (χ2n) is 6.72. The average molecular weight is 303 g/mol. The first-order valence-corrected chi connectivity index (χ1v) is 8.15. The highest BCUT2D eigenvalue weighted by Crippen LogP contribution is 2.22. The molecule has 4 heteroatoms. The lowest BCUT2D eigenvalue weighted by molar-refractivity contribution is -0.131. The van der Waals surface area contributed by atoms with Crippen LogP contribution in [-0.4, -0.2) is 57.0 Å². The Labute approximate surface area is 134 Å². The van der Waals surface area contributed by atoms with Gasteiger partial charge in [0.15, 0.2) is 0 Å². The van der Waals surface area contributed by atoms with E-state index in [2.05, 4.69) is 29.0 Å². The molecule has 1 amide bonds. The highest BCUT2D eigenvalue weighted by molar-refractivity contribution is 5.76. The molecule has 1 aliphatic rings. The van der Waals surface area contributed by atoms with Crippen LogP contribution in [0, 0.1) is 5.92 Å². The minimum absolute atomic E-state index is 0.267. The van der Waals surface area contributed by atoms with E-state index in [-0.39, 0.29) is 5.91 Å². The summed E-state index contributed by atoms with van der Waals surface area (Å²) in [5.41, 5.74) is 2.38. The van der Waals surface area contributed by atoms with Crippen LogP contribution in [0.3, 0.4) is 0 Å². The zero-order valence-electron chi connectivity index (χ0n) is 14.4. The molecule has 0 unspecified atom stereocenters. The summed E-state index contributed by atoms with van der Waals surface area (Å²) in [5, 5.41) is 0. The third-order valence-corrected chi connectivity index (χ3v) is 4.61. The number of piperidine rings is 1. The molecular weight excluding hydrogens is 274 g/mol. The third-order valence-electron chi connectivity index (χ3n) is 4.61. The number of nitrogens with zero attached hydrogens (tertiary/aromatic N) is 3. The van der Waals surface area contributed by atoms with Gasteiger partial charge in [0.2, 0.25) is 5.91 Å². The van der Waals surface area contributed by atoms with Gasteiger partial charge in [0.25, 0.3) is 0 Å². The van der Waals surface area contributed by atoms with Crippen LogP contribution in [-0.2, 0) is 11.3 Å². The van der Waals surface area contributed by atoms with E-state index in [4.69, 9.17) is 0 Å². The fourth-order valence-electron chi connectivity index (χ4n) is 3.09. The molecule has 0 radical (unpaired) electrons. The van der Waals surface area contributed by atoms with Gasteiger partial charge in [-0.25, -0.2) is 0 Å². The summed E-state index contributed by atoms with van der Waals surface area (Å²) in [6.45, 7) is 2.91. The lowest BCUT2D eigenvalue weighted by Gasteiger charge is -2.30. The standard InChI is InChI=1S/C18H29N3O/c1-19(2)17-8-6-5-7-16(17)14-21(4)18(22)13-15-9-11-20(3)12-10-15/h5-8,15H,9-14H2,1-4H3. The Morgan fingerprint density at radius 1 is 1.18 bits per heavy atom. The minimum atomic E-state index is 0.267. The molecule has 22 heavy (non-hydrogen) atoms. The van der Waals surface area contributed by atoms with E-state index in [9.17, 15) is 4.79 Å². The monoisotopic (exact) mass is 303 g/mol. The van der Waals surface area contributed by atoms with Crippen LogP contribution in [0.4, 0.5) is 5.69 Å². The van der Waals surface area contributed by atoms with Crippen LogP contribution in [0.15, 0.2) is 24.3 Å². The van der Waals surface area contributed by atoms with Crippen molar-refractivity contribution in [3.8, 4) is 0 Å². The number of anilines is 1. The molecule has 0 bridgehead atoms. The molecule has 122 valence electrons. The maximum atomic E-state index is 12.5. The molecule has 0 aliphatic carbocycles. The van der Waals surface area contributed by atoms with Crippen molar-refractivity contribution >= 4 is 11.6 Å². The maximum Gasteiger partial charge on any atom is 0.222 e. The summed E-state index contributed by atoms with van der Waals surface area (Å²) in [5.74, 6) is 0.818. The van der Waals surface area contributed by atoms with Gasteiger partial charge >= 0.3 is 0 Å². The van der Waals surface area contributed by atoms with Crippen LogP contribution >= 0.6 is 0 Å². The molecule has 1 heterocycles. The van der Waals surface area contributed by atoms with Gasteiger partial charge in [-0.1, -0.05) is 18.2 Å². The highest BCUT2D eigenvalue weighted by Gasteiger charge is 2.21. The van der Waals surface area contributed by atoms with Gasteiger partial charge in [0.05, 0.1) is 0 Å². The molecule has 4 nitrogen and oxygen atoms in total. The minimum Gasteiger partial charge on any atom is -0.377 e. The van der Waals surface area contributed by atoms with Gasteiger partial charge in [-0.15, -0.1) is 0 Å². The Bertz CT molecular complexity index is 493. The quantitative estimate of drug-likeness (QED) is 0.836. The van der Waals surface area contributed by atoms with Crippen molar-refractivity contribution in [3.63, 3.8) is 0 Å². The predicted molar refractivity (Wildman–Crippen MR) is 92.1 cm³/mol. The van der Waals surface area contributed by atoms with Crippen LogP contribution in [0.5, 0.6) is 0 Å². The van der Waals surface area contributed by atoms with Crippen LogP contribution < -0.4 is 4.90 Å². The summed E-state index contributed by atoms with van der Waals surface area (Å²) in [4.78, 5) is 18.8. The van der Waals surface area contributed by atoms with Gasteiger partial charge in [0, 0.05) is 39.8 Å². The SMILES string of the molecule is CN1CCC(CC(=O)N(C)Cc2ccccc2N(C)C)CC1. The van der Waals surface area contributed by atoms with Crippen molar-refractivity contribution in [2.45, 2.75) is 25.8 Å². The summed E-state index contributed by atoms with van der Waals surface area (Å²) in [6, 6.07) is 8.29. The maximum absolute atomic E-state index is 12.5. The smallest absolute Gasteiger partial charge is 0.222 e. The topological polar surface area (TPSA) is 26.8 Å². The largest absolute Gasteiger partial charge is 0.377 e. The van der Waals surface area contributed by atoms with Crippen molar-refractivity contribution in [2.75, 3.05) is 46.2 Å². The summed E-state index contributed by atoms with van der Waals surface area (Å²) < 4.78 is 0. The van der Waals surface area contributed by atoms with E-state index in [1.54, 1.807) is 0 Å². The molecule has 1 aromatic rings. The molecule has 0 saturated carbocycles. The Kier molecular flexibility index (Phi) is 5.83. The Morgan fingerprint density at radius 2 is 1.82 bits per heavy atom. The number of likely N-dealkylation sites (tertiary alicyclic amines) is 1. The number of carbonyl (C=O) groups excluding carboxylic acids is 1. The van der Waals surface area contributed by atoms with E-state index >= 15 is 0 Å². The number of para-hydroxylation sites is 1. The second kappa shape index (κ2) is 7.63. The van der Waals surface area contributed by atoms with E-state index < -0.39 is 0 Å². The summed E-state index contributed by atoms with van der Waals surface area (Å²) in [6.07, 6.45) is 2.98. The van der Waals surface area contributed by atoms with Crippen molar-refractivity contribution in [3.05, 3.63) is 29.8 Å². The van der Waals surface area contributed by atoms with E-state index in [1.165, 1.54) is 11.3 Å². The fourth-order valence-corrected chi connectivity index (χ4v) is 3.09. The fraction of sp³-hybridized carbons (Fsp3) is 0.611. The zero-order chi connectivity index (χ0) is 16.1. The normalized spacial score (nSPS) is 16.5. The van der Waals surface area contributed by atoms with Crippen molar-refractivity contribution in [2.24, 2.45) is 5.92 Å². The predicted octanol–water partition coefficient (Wildman–Crippen LogP) is 2.44. The van der Waals surface area contributed by atoms with Gasteiger partial charge in [0.1, 0.15) is 0 Å². The molecule has 0 atom stereocenters. The molecule has 0 spiro atoms. The lowest BCUT2D eigenvalue weighted by Crippen LogP contribution is -2.34. The van der Waals surface area contributed by atoms with Crippen LogP contribution in [0.2, 0.25) is 0 Å². The van der Waals surface area contributed by atoms with E-state index in [1.807, 2.05) is 38.2 Å². The van der Waals surface area contributed by atoms with Crippen LogP contribution in [0.1, 0.15) is 24.8 Å². The van der Waals surface area contributed by atoms with Gasteiger partial charge in [-0.2, -0.15) is 0 Å². The number of carbonyl (C=O) groups is 1. The van der Waals surface area contributed by atoms with Crippen molar-refractivity contribution < 1.29 is 4.79 Å². The first kappa shape index (κ1) is 16.8. The molecule has 1 fully saturated rings. The second-order valence-corrected chi connectivity index (χ2v) is 6.72. The number of rotatable bonds is 5. The molecule has 1 saturated heterocycles. The number of hydrogen-bond acceptors (Lipinski definition) is 3. The van der Waals surface area contributed by atoms with Crippen molar-refractivity contribution in [1.82, 2.24) is 9.80 Å². The Morgan fingerprint density at radius 3 is 2.45 bits per heavy atom. The Hall–Kier alpha value is -1.55. The third kappa shape index (κ3) is 4.47. The van der Waals surface area contributed by atoms with Gasteiger partial charge in [-0.05, 0) is 50.5 Å². The molecule has 1 aromatic carbocycles. The number of hydrogen-bond donors (Lipinski definition) is 0. The molecule has 0 aromatic heterocycles. The molecule has 0 N–H and O–H groups in total. The zero-order valence-corrected chi connectivity index (χ0v) is 14.4. The number of amides is 1. The molecule has 1 aliphatic heterocycles. The summed E-state index contributed by atoms with van der Waals surface area (Å²) in [7, 11) is 8.16. The van der Waals surface area contributed by atoms with Crippen LogP contribution in [0.25, 0.3) is 0 Å². The highest BCUT2D eigenvalue weighted by atomic mass is 16.2. The van der Waals surface area contributed by atoms with E-state index in [0.717, 1.165) is 25.9 Å². The number of benzene rings is 1. The molecular formula is C18H29N3O.